The second kappa shape index (κ2) is 4.85. The molecule has 1 unspecified atom stereocenters. The van der Waals surface area contributed by atoms with Crippen LogP contribution in [0.25, 0.3) is 0 Å². The molecule has 0 aromatic heterocycles. The van der Waals surface area contributed by atoms with E-state index in [2.05, 4.69) is 0 Å². The van der Waals surface area contributed by atoms with Crippen molar-refractivity contribution in [1.82, 2.24) is 4.31 Å². The Labute approximate surface area is 128 Å². The van der Waals surface area contributed by atoms with Crippen LogP contribution in [0.15, 0.2) is 12.1 Å². The van der Waals surface area contributed by atoms with Crippen LogP contribution in [-0.2, 0) is 10.2 Å². The smallest absolute Gasteiger partial charge is 0.304 e. The number of aliphatic hydroxyl groups is 1. The molecule has 1 aromatic rings. The number of aliphatic hydroxyl groups excluding tert-OH is 1. The Hall–Kier alpha value is -1.33. The van der Waals surface area contributed by atoms with Gasteiger partial charge in [0.1, 0.15) is 6.07 Å². The molecule has 0 aliphatic carbocycles. The molecule has 2 fully saturated rings. The number of hydrogen-bond acceptors (Lipinski definition) is 4. The number of nitrogens with zero attached hydrogens (tertiary/aromatic N) is 3. The van der Waals surface area contributed by atoms with E-state index in [0.29, 0.717) is 29.8 Å². The van der Waals surface area contributed by atoms with Crippen molar-refractivity contribution in [2.45, 2.75) is 25.5 Å². The first kappa shape index (κ1) is 14.6. The second-order valence-electron chi connectivity index (χ2n) is 5.26. The highest BCUT2D eigenvalue weighted by Gasteiger charge is 2.50. The van der Waals surface area contributed by atoms with E-state index in [9.17, 15) is 13.5 Å². The summed E-state index contributed by atoms with van der Waals surface area (Å²) in [4.78, 5) is 0. The highest BCUT2D eigenvalue weighted by Crippen LogP contribution is 2.38. The fourth-order valence-electron chi connectivity index (χ4n) is 2.95. The van der Waals surface area contributed by atoms with Crippen molar-refractivity contribution in [3.63, 3.8) is 0 Å². The molecule has 2 atom stereocenters. The fourth-order valence-corrected chi connectivity index (χ4v) is 5.08. The first-order chi connectivity index (χ1) is 9.87. The molecule has 2 aliphatic rings. The van der Waals surface area contributed by atoms with Crippen molar-refractivity contribution in [1.29, 1.82) is 5.26 Å². The average molecular weight is 328 g/mol. The third-order valence-electron chi connectivity index (χ3n) is 4.13. The topological polar surface area (TPSA) is 84.6 Å². The maximum Gasteiger partial charge on any atom is 0.304 e. The number of rotatable bonds is 1. The summed E-state index contributed by atoms with van der Waals surface area (Å²) in [5.41, 5.74) is 1.32. The maximum atomic E-state index is 12.6. The number of fused-ring (bicyclic) bond motifs is 1. The maximum absolute atomic E-state index is 12.6. The molecule has 2 aliphatic heterocycles. The largest absolute Gasteiger partial charge is 0.391 e. The summed E-state index contributed by atoms with van der Waals surface area (Å²) >= 11 is 6.11. The minimum atomic E-state index is -3.64. The van der Waals surface area contributed by atoms with Crippen LogP contribution in [0.1, 0.15) is 17.5 Å². The zero-order valence-electron chi connectivity index (χ0n) is 11.3. The lowest BCUT2D eigenvalue weighted by Crippen LogP contribution is -2.34. The summed E-state index contributed by atoms with van der Waals surface area (Å²) in [6.07, 6.45) is -0.177. The standard InChI is InChI=1S/C13H14ClN3O3S/c1-8-10(3-2-9(6-15)13(8)14)17-7-11-12(18)4-5-16(11)21(17,19)20/h2-3,11-12,18H,4-5,7H2,1H3/t11-,12?/m1/s1. The van der Waals surface area contributed by atoms with Gasteiger partial charge in [-0.2, -0.15) is 18.0 Å². The molecular formula is C13H14ClN3O3S. The molecule has 1 N–H and O–H groups in total. The lowest BCUT2D eigenvalue weighted by atomic mass is 10.1. The van der Waals surface area contributed by atoms with E-state index in [4.69, 9.17) is 16.9 Å². The van der Waals surface area contributed by atoms with Gasteiger partial charge in [0.15, 0.2) is 0 Å². The first-order valence-corrected chi connectivity index (χ1v) is 8.32. The number of halogens is 1. The third kappa shape index (κ3) is 2.02. The third-order valence-corrected chi connectivity index (χ3v) is 6.57. The van der Waals surface area contributed by atoms with E-state index in [1.54, 1.807) is 13.0 Å². The van der Waals surface area contributed by atoms with Crippen LogP contribution in [0.2, 0.25) is 5.02 Å². The minimum Gasteiger partial charge on any atom is -0.391 e. The summed E-state index contributed by atoms with van der Waals surface area (Å²) in [7, 11) is -3.64. The zero-order chi connectivity index (χ0) is 15.4. The number of benzene rings is 1. The summed E-state index contributed by atoms with van der Waals surface area (Å²) in [5, 5.41) is 19.1. The van der Waals surface area contributed by atoms with Gasteiger partial charge in [0.05, 0.1) is 35.0 Å². The van der Waals surface area contributed by atoms with Crippen molar-refractivity contribution >= 4 is 27.5 Å². The summed E-state index contributed by atoms with van der Waals surface area (Å²) < 4.78 is 27.7. The van der Waals surface area contributed by atoms with E-state index < -0.39 is 22.4 Å². The van der Waals surface area contributed by atoms with Gasteiger partial charge in [-0.25, -0.2) is 0 Å². The van der Waals surface area contributed by atoms with Gasteiger partial charge in [-0.3, -0.25) is 4.31 Å². The lowest BCUT2D eigenvalue weighted by Gasteiger charge is -2.21. The molecule has 0 radical (unpaired) electrons. The summed E-state index contributed by atoms with van der Waals surface area (Å²) in [6.45, 7) is 2.22. The molecule has 0 spiro atoms. The molecule has 0 bridgehead atoms. The Morgan fingerprint density at radius 3 is 2.81 bits per heavy atom. The molecule has 112 valence electrons. The molecule has 2 saturated heterocycles. The van der Waals surface area contributed by atoms with Crippen molar-refractivity contribution in [2.75, 3.05) is 17.4 Å². The Kier molecular flexibility index (Phi) is 3.37. The van der Waals surface area contributed by atoms with Gasteiger partial charge in [0.25, 0.3) is 0 Å². The zero-order valence-corrected chi connectivity index (χ0v) is 12.9. The molecule has 0 amide bonds. The molecule has 2 heterocycles. The molecule has 6 nitrogen and oxygen atoms in total. The number of hydrogen-bond donors (Lipinski definition) is 1. The van der Waals surface area contributed by atoms with Crippen LogP contribution in [0.4, 0.5) is 5.69 Å². The van der Waals surface area contributed by atoms with E-state index in [0.717, 1.165) is 0 Å². The molecule has 21 heavy (non-hydrogen) atoms. The first-order valence-electron chi connectivity index (χ1n) is 6.54. The van der Waals surface area contributed by atoms with Crippen molar-refractivity contribution in [3.05, 3.63) is 28.3 Å². The normalized spacial score (nSPS) is 27.6. The quantitative estimate of drug-likeness (QED) is 0.834. The molecular weight excluding hydrogens is 314 g/mol. The van der Waals surface area contributed by atoms with Crippen molar-refractivity contribution < 1.29 is 13.5 Å². The van der Waals surface area contributed by atoms with Crippen LogP contribution >= 0.6 is 11.6 Å². The van der Waals surface area contributed by atoms with Crippen LogP contribution in [0.3, 0.4) is 0 Å². The van der Waals surface area contributed by atoms with Gasteiger partial charge >= 0.3 is 10.2 Å². The molecule has 3 rings (SSSR count). The van der Waals surface area contributed by atoms with Crippen LogP contribution < -0.4 is 4.31 Å². The van der Waals surface area contributed by atoms with E-state index >= 15 is 0 Å². The van der Waals surface area contributed by atoms with Crippen molar-refractivity contribution in [3.8, 4) is 6.07 Å². The van der Waals surface area contributed by atoms with Crippen LogP contribution in [0, 0.1) is 18.3 Å². The van der Waals surface area contributed by atoms with E-state index in [-0.39, 0.29) is 11.6 Å². The summed E-state index contributed by atoms with van der Waals surface area (Å²) in [6, 6.07) is 4.66. The van der Waals surface area contributed by atoms with Crippen LogP contribution in [0.5, 0.6) is 0 Å². The second-order valence-corrected chi connectivity index (χ2v) is 7.44. The van der Waals surface area contributed by atoms with Gasteiger partial charge < -0.3 is 5.11 Å². The van der Waals surface area contributed by atoms with Gasteiger partial charge in [0, 0.05) is 6.54 Å². The SMILES string of the molecule is Cc1c(N2C[C@@H]3C(O)CCN3S2(=O)=O)ccc(C#N)c1Cl. The molecule has 1 aromatic carbocycles. The number of nitriles is 1. The van der Waals surface area contributed by atoms with Crippen LogP contribution in [-0.4, -0.2) is 43.1 Å². The van der Waals surface area contributed by atoms with E-state index in [1.807, 2.05) is 6.07 Å². The van der Waals surface area contributed by atoms with Gasteiger partial charge in [-0.05, 0) is 31.0 Å². The Bertz CT molecular complexity index is 744. The monoisotopic (exact) mass is 327 g/mol. The van der Waals surface area contributed by atoms with Gasteiger partial charge in [-0.15, -0.1) is 0 Å². The summed E-state index contributed by atoms with van der Waals surface area (Å²) in [5.74, 6) is 0. The number of anilines is 1. The highest BCUT2D eigenvalue weighted by molar-refractivity contribution is 7.90. The van der Waals surface area contributed by atoms with Gasteiger partial charge in [-0.1, -0.05) is 11.6 Å². The highest BCUT2D eigenvalue weighted by atomic mass is 35.5. The Morgan fingerprint density at radius 2 is 2.19 bits per heavy atom. The Balaban J connectivity index is 2.07. The predicted octanol–water partition coefficient (Wildman–Crippen LogP) is 1.02. The lowest BCUT2D eigenvalue weighted by molar-refractivity contribution is 0.151. The fraction of sp³-hybridized carbons (Fsp3) is 0.462. The molecule has 0 saturated carbocycles. The molecule has 8 heteroatoms. The minimum absolute atomic E-state index is 0.201. The van der Waals surface area contributed by atoms with Crippen molar-refractivity contribution in [2.24, 2.45) is 0 Å². The van der Waals surface area contributed by atoms with Gasteiger partial charge in [0.2, 0.25) is 0 Å². The average Bonchev–Trinajstić information content (AvgIpc) is 2.93. The Morgan fingerprint density at radius 1 is 1.48 bits per heavy atom. The van der Waals surface area contributed by atoms with E-state index in [1.165, 1.54) is 14.7 Å². The predicted molar refractivity (Wildman–Crippen MR) is 78.3 cm³/mol.